The zero-order chi connectivity index (χ0) is 13.9. The fourth-order valence-corrected chi connectivity index (χ4v) is 2.00. The van der Waals surface area contributed by atoms with Crippen molar-refractivity contribution >= 4 is 33.4 Å². The molecule has 1 unspecified atom stereocenters. The van der Waals surface area contributed by atoms with Crippen LogP contribution in [0.5, 0.6) is 0 Å². The summed E-state index contributed by atoms with van der Waals surface area (Å²) in [6, 6.07) is 5.02. The molecule has 18 heavy (non-hydrogen) atoms. The van der Waals surface area contributed by atoms with Crippen molar-refractivity contribution < 1.29 is 4.79 Å². The van der Waals surface area contributed by atoms with Gasteiger partial charge in [-0.2, -0.15) is 0 Å². The number of nitrogens with two attached hydrogens (primary N) is 1. The van der Waals surface area contributed by atoms with Crippen LogP contribution in [0.2, 0.25) is 5.02 Å². The second-order valence-corrected chi connectivity index (χ2v) is 6.52. The van der Waals surface area contributed by atoms with Crippen LogP contribution in [0.3, 0.4) is 0 Å². The normalized spacial score (nSPS) is 13.2. The molecule has 0 aliphatic carbocycles. The molecule has 0 aliphatic heterocycles. The third-order valence-electron chi connectivity index (χ3n) is 2.77. The lowest BCUT2D eigenvalue weighted by atomic mass is 9.86. The molecular weight excluding hydrogens is 316 g/mol. The topological polar surface area (TPSA) is 55.1 Å². The Labute approximate surface area is 121 Å². The van der Waals surface area contributed by atoms with Gasteiger partial charge in [-0.05, 0) is 39.5 Å². The SMILES string of the molecule is CC(C)(C)C(CN)NC(=O)c1ccc(Cl)c(Br)c1. The predicted octanol–water partition coefficient (Wildman–Crippen LogP) is 3.21. The van der Waals surface area contributed by atoms with E-state index in [9.17, 15) is 4.79 Å². The molecule has 0 fully saturated rings. The van der Waals surface area contributed by atoms with E-state index in [1.54, 1.807) is 18.2 Å². The lowest BCUT2D eigenvalue weighted by molar-refractivity contribution is 0.0905. The molecule has 1 aromatic carbocycles. The summed E-state index contributed by atoms with van der Waals surface area (Å²) < 4.78 is 0.705. The summed E-state index contributed by atoms with van der Waals surface area (Å²) in [7, 11) is 0. The van der Waals surface area contributed by atoms with Gasteiger partial charge in [0, 0.05) is 22.6 Å². The van der Waals surface area contributed by atoms with Crippen LogP contribution in [0.1, 0.15) is 31.1 Å². The minimum atomic E-state index is -0.141. The molecule has 0 bridgehead atoms. The van der Waals surface area contributed by atoms with E-state index in [4.69, 9.17) is 17.3 Å². The van der Waals surface area contributed by atoms with Gasteiger partial charge in [0.1, 0.15) is 0 Å². The maximum absolute atomic E-state index is 12.1. The van der Waals surface area contributed by atoms with Gasteiger partial charge in [0.15, 0.2) is 0 Å². The molecular formula is C13H18BrClN2O. The van der Waals surface area contributed by atoms with E-state index in [1.807, 2.05) is 20.8 Å². The summed E-state index contributed by atoms with van der Waals surface area (Å²) in [6.45, 7) is 6.54. The Morgan fingerprint density at radius 1 is 1.50 bits per heavy atom. The van der Waals surface area contributed by atoms with Crippen molar-refractivity contribution in [1.82, 2.24) is 5.32 Å². The Morgan fingerprint density at radius 3 is 2.56 bits per heavy atom. The summed E-state index contributed by atoms with van der Waals surface area (Å²) in [6.07, 6.45) is 0. The average molecular weight is 334 g/mol. The van der Waals surface area contributed by atoms with Gasteiger partial charge in [0.25, 0.3) is 5.91 Å². The minimum absolute atomic E-state index is 0.0700. The number of carbonyl (C=O) groups is 1. The van der Waals surface area contributed by atoms with Gasteiger partial charge in [-0.15, -0.1) is 0 Å². The van der Waals surface area contributed by atoms with Crippen molar-refractivity contribution in [2.24, 2.45) is 11.1 Å². The smallest absolute Gasteiger partial charge is 0.251 e. The Hall–Kier alpha value is -0.580. The molecule has 1 rings (SSSR count). The second-order valence-electron chi connectivity index (χ2n) is 5.26. The zero-order valence-electron chi connectivity index (χ0n) is 10.8. The first-order valence-corrected chi connectivity index (χ1v) is 6.88. The van der Waals surface area contributed by atoms with Crippen LogP contribution < -0.4 is 11.1 Å². The molecule has 100 valence electrons. The van der Waals surface area contributed by atoms with E-state index in [-0.39, 0.29) is 17.4 Å². The van der Waals surface area contributed by atoms with E-state index in [1.165, 1.54) is 0 Å². The highest BCUT2D eigenvalue weighted by atomic mass is 79.9. The third kappa shape index (κ3) is 3.97. The van der Waals surface area contributed by atoms with Gasteiger partial charge >= 0.3 is 0 Å². The zero-order valence-corrected chi connectivity index (χ0v) is 13.1. The van der Waals surface area contributed by atoms with Crippen molar-refractivity contribution in [3.63, 3.8) is 0 Å². The molecule has 0 aliphatic rings. The molecule has 0 heterocycles. The number of hydrogen-bond acceptors (Lipinski definition) is 2. The molecule has 5 heteroatoms. The number of benzene rings is 1. The molecule has 0 saturated carbocycles. The highest BCUT2D eigenvalue weighted by Gasteiger charge is 2.25. The monoisotopic (exact) mass is 332 g/mol. The minimum Gasteiger partial charge on any atom is -0.348 e. The maximum Gasteiger partial charge on any atom is 0.251 e. The quantitative estimate of drug-likeness (QED) is 0.892. The first-order chi connectivity index (χ1) is 8.25. The van der Waals surface area contributed by atoms with Crippen molar-refractivity contribution in [3.05, 3.63) is 33.3 Å². The average Bonchev–Trinajstić information content (AvgIpc) is 2.27. The molecule has 3 N–H and O–H groups in total. The number of nitrogens with one attached hydrogen (secondary N) is 1. The van der Waals surface area contributed by atoms with Crippen molar-refractivity contribution in [2.45, 2.75) is 26.8 Å². The molecule has 0 saturated heterocycles. The van der Waals surface area contributed by atoms with Crippen LogP contribution in [0.25, 0.3) is 0 Å². The van der Waals surface area contributed by atoms with Crippen LogP contribution in [-0.2, 0) is 0 Å². The van der Waals surface area contributed by atoms with E-state index in [0.29, 0.717) is 21.6 Å². The van der Waals surface area contributed by atoms with E-state index in [2.05, 4.69) is 21.2 Å². The number of rotatable bonds is 3. The van der Waals surface area contributed by atoms with Gasteiger partial charge in [-0.1, -0.05) is 32.4 Å². The van der Waals surface area contributed by atoms with Crippen molar-refractivity contribution in [1.29, 1.82) is 0 Å². The Kier molecular flexibility index (Phi) is 5.20. The van der Waals surface area contributed by atoms with Gasteiger partial charge in [0.05, 0.1) is 5.02 Å². The molecule has 3 nitrogen and oxygen atoms in total. The molecule has 1 atom stereocenters. The van der Waals surface area contributed by atoms with Crippen LogP contribution in [0, 0.1) is 5.41 Å². The van der Waals surface area contributed by atoms with E-state index >= 15 is 0 Å². The predicted molar refractivity (Wildman–Crippen MR) is 78.9 cm³/mol. The number of carbonyl (C=O) groups excluding carboxylic acids is 1. The maximum atomic E-state index is 12.1. The fourth-order valence-electron chi connectivity index (χ4n) is 1.51. The summed E-state index contributed by atoms with van der Waals surface area (Å²) >= 11 is 9.19. The number of hydrogen-bond donors (Lipinski definition) is 2. The van der Waals surface area contributed by atoms with Crippen LogP contribution >= 0.6 is 27.5 Å². The number of amides is 1. The lowest BCUT2D eigenvalue weighted by Crippen LogP contribution is -2.48. The fraction of sp³-hybridized carbons (Fsp3) is 0.462. The first-order valence-electron chi connectivity index (χ1n) is 5.71. The Morgan fingerprint density at radius 2 is 2.11 bits per heavy atom. The van der Waals surface area contributed by atoms with Gasteiger partial charge < -0.3 is 11.1 Å². The third-order valence-corrected chi connectivity index (χ3v) is 3.98. The molecule has 1 amide bonds. The molecule has 0 aromatic heterocycles. The lowest BCUT2D eigenvalue weighted by Gasteiger charge is -2.30. The van der Waals surface area contributed by atoms with Crippen molar-refractivity contribution in [3.8, 4) is 0 Å². The second kappa shape index (κ2) is 6.04. The van der Waals surface area contributed by atoms with Crippen LogP contribution in [0.15, 0.2) is 22.7 Å². The Bertz CT molecular complexity index is 443. The summed E-state index contributed by atoms with van der Waals surface area (Å²) in [5, 5.41) is 3.52. The highest BCUT2D eigenvalue weighted by Crippen LogP contribution is 2.24. The largest absolute Gasteiger partial charge is 0.348 e. The number of halogens is 2. The van der Waals surface area contributed by atoms with Crippen LogP contribution in [0.4, 0.5) is 0 Å². The molecule has 0 radical (unpaired) electrons. The molecule has 1 aromatic rings. The molecule has 0 spiro atoms. The van der Waals surface area contributed by atoms with E-state index in [0.717, 1.165) is 0 Å². The van der Waals surface area contributed by atoms with E-state index < -0.39 is 0 Å². The summed E-state index contributed by atoms with van der Waals surface area (Å²) in [4.78, 5) is 12.1. The summed E-state index contributed by atoms with van der Waals surface area (Å²) in [5.74, 6) is -0.141. The standard InChI is InChI=1S/C13H18BrClN2O/c1-13(2,3)11(7-16)17-12(18)8-4-5-10(15)9(14)6-8/h4-6,11H,7,16H2,1-3H3,(H,17,18). The summed E-state index contributed by atoms with van der Waals surface area (Å²) in [5.41, 5.74) is 6.18. The first kappa shape index (κ1) is 15.5. The van der Waals surface area contributed by atoms with Crippen LogP contribution in [-0.4, -0.2) is 18.5 Å². The van der Waals surface area contributed by atoms with Gasteiger partial charge in [-0.3, -0.25) is 4.79 Å². The Balaban J connectivity index is 2.85. The van der Waals surface area contributed by atoms with Crippen molar-refractivity contribution in [2.75, 3.05) is 6.54 Å². The van der Waals surface area contributed by atoms with Gasteiger partial charge in [-0.25, -0.2) is 0 Å². The van der Waals surface area contributed by atoms with Gasteiger partial charge in [0.2, 0.25) is 0 Å². The highest BCUT2D eigenvalue weighted by molar-refractivity contribution is 9.10.